The van der Waals surface area contributed by atoms with Crippen LogP contribution in [0.2, 0.25) is 0 Å². The summed E-state index contributed by atoms with van der Waals surface area (Å²) in [7, 11) is 1.61. The number of nitrogens with zero attached hydrogens (tertiary/aromatic N) is 2. The summed E-state index contributed by atoms with van der Waals surface area (Å²) < 4.78 is 11.3. The molecular formula is C22H17N3O5SW. The van der Waals surface area contributed by atoms with Crippen LogP contribution in [0.4, 0.5) is 0 Å². The van der Waals surface area contributed by atoms with Gasteiger partial charge in [-0.05, 0) is 22.7 Å². The summed E-state index contributed by atoms with van der Waals surface area (Å²) in [5.41, 5.74) is -0.470. The Morgan fingerprint density at radius 3 is 2.41 bits per heavy atom. The molecule has 3 aromatic carbocycles. The van der Waals surface area contributed by atoms with Gasteiger partial charge in [-0.15, -0.1) is 22.5 Å². The van der Waals surface area contributed by atoms with E-state index in [0.717, 1.165) is 33.6 Å². The SMILES string of the molecule is COc1cc[c-]cc1SOOc1ccccc1.O=c1cnn(-c2cc[c-]cc2)c(=O)[nH]1.[W+2]. The summed E-state index contributed by atoms with van der Waals surface area (Å²) in [5.74, 6) is 1.38. The van der Waals surface area contributed by atoms with Crippen LogP contribution in [0.15, 0.2) is 93.5 Å². The first-order valence-electron chi connectivity index (χ1n) is 8.93. The van der Waals surface area contributed by atoms with Crippen molar-refractivity contribution in [2.45, 2.75) is 4.90 Å². The molecule has 0 bridgehead atoms. The van der Waals surface area contributed by atoms with Crippen LogP contribution < -0.4 is 20.9 Å². The van der Waals surface area contributed by atoms with Crippen LogP contribution in [0.1, 0.15) is 0 Å². The third-order valence-electron chi connectivity index (χ3n) is 3.66. The van der Waals surface area contributed by atoms with Crippen LogP contribution in [-0.4, -0.2) is 21.9 Å². The Morgan fingerprint density at radius 2 is 1.72 bits per heavy atom. The molecule has 0 saturated carbocycles. The van der Waals surface area contributed by atoms with Crippen molar-refractivity contribution < 1.29 is 35.0 Å². The van der Waals surface area contributed by atoms with Crippen LogP contribution in [0, 0.1) is 12.1 Å². The largest absolute Gasteiger partial charge is 2.00 e. The standard InChI is InChI=1S/C13H11O3S.C9H6N3O2.W/c1-14-12-9-5-6-10-13(12)17-16-15-11-7-3-2-4-8-11;13-8-6-10-12(9(14)11-8)7-4-2-1-3-5-7;/h2-5,7-10H,1H3;2-6H,(H,11,13,14);/q2*-1;+2. The van der Waals surface area contributed by atoms with Crippen LogP contribution in [0.3, 0.4) is 0 Å². The van der Waals surface area contributed by atoms with Crippen LogP contribution in [0.25, 0.3) is 5.69 Å². The fraction of sp³-hybridized carbons (Fsp3) is 0.0455. The molecule has 1 heterocycles. The Morgan fingerprint density at radius 1 is 1.00 bits per heavy atom. The van der Waals surface area contributed by atoms with Crippen molar-refractivity contribution in [1.82, 2.24) is 14.8 Å². The minimum atomic E-state index is -0.552. The second-order valence-corrected chi connectivity index (χ2v) is 6.48. The van der Waals surface area contributed by atoms with Gasteiger partial charge in [0.2, 0.25) is 0 Å². The molecule has 0 aliphatic heterocycles. The van der Waals surface area contributed by atoms with E-state index < -0.39 is 11.2 Å². The van der Waals surface area contributed by atoms with E-state index in [2.05, 4.69) is 22.2 Å². The van der Waals surface area contributed by atoms with E-state index in [4.69, 9.17) is 14.0 Å². The van der Waals surface area contributed by atoms with Crippen molar-refractivity contribution in [3.63, 3.8) is 0 Å². The first-order chi connectivity index (χ1) is 15.2. The summed E-state index contributed by atoms with van der Waals surface area (Å²) in [6.45, 7) is 0. The Bertz CT molecular complexity index is 1200. The van der Waals surface area contributed by atoms with E-state index in [-0.39, 0.29) is 21.1 Å². The number of aromatic nitrogens is 3. The summed E-state index contributed by atoms with van der Waals surface area (Å²) in [6.07, 6.45) is 1.05. The molecule has 162 valence electrons. The van der Waals surface area contributed by atoms with Gasteiger partial charge in [0, 0.05) is 17.8 Å². The van der Waals surface area contributed by atoms with Gasteiger partial charge in [-0.25, -0.2) is 9.48 Å². The molecule has 1 N–H and O–H groups in total. The molecule has 0 radical (unpaired) electrons. The maximum Gasteiger partial charge on any atom is 2.00 e. The van der Waals surface area contributed by atoms with E-state index in [1.54, 1.807) is 43.5 Å². The molecule has 4 rings (SSSR count). The molecule has 10 heteroatoms. The first-order valence-corrected chi connectivity index (χ1v) is 9.67. The minimum absolute atomic E-state index is 0. The van der Waals surface area contributed by atoms with Crippen molar-refractivity contribution in [1.29, 1.82) is 0 Å². The van der Waals surface area contributed by atoms with E-state index in [1.165, 1.54) is 0 Å². The summed E-state index contributed by atoms with van der Waals surface area (Å²) in [4.78, 5) is 30.0. The van der Waals surface area contributed by atoms with Crippen LogP contribution >= 0.6 is 12.0 Å². The maximum atomic E-state index is 11.3. The molecule has 0 amide bonds. The molecule has 0 spiro atoms. The fourth-order valence-corrected chi connectivity index (χ4v) is 2.80. The molecular weight excluding hydrogens is 602 g/mol. The molecule has 8 nitrogen and oxygen atoms in total. The van der Waals surface area contributed by atoms with Crippen LogP contribution in [-0.2, 0) is 25.4 Å². The molecule has 32 heavy (non-hydrogen) atoms. The van der Waals surface area contributed by atoms with Gasteiger partial charge in [-0.2, -0.15) is 41.5 Å². The number of H-pyrrole nitrogens is 1. The third-order valence-corrected chi connectivity index (χ3v) is 4.30. The van der Waals surface area contributed by atoms with Crippen molar-refractivity contribution in [3.05, 3.63) is 112 Å². The molecule has 0 unspecified atom stereocenters. The number of rotatable bonds is 6. The molecule has 1 aromatic heterocycles. The number of hydrogen-bond acceptors (Lipinski definition) is 7. The van der Waals surface area contributed by atoms with Crippen molar-refractivity contribution in [3.8, 4) is 17.2 Å². The average molecular weight is 619 g/mol. The minimum Gasteiger partial charge on any atom is -0.521 e. The monoisotopic (exact) mass is 619 g/mol. The number of nitrogens with one attached hydrogen (secondary N) is 1. The Balaban J connectivity index is 0.000000224. The van der Waals surface area contributed by atoms with Gasteiger partial charge in [0.15, 0.2) is 5.75 Å². The van der Waals surface area contributed by atoms with Gasteiger partial charge < -0.3 is 9.62 Å². The van der Waals surface area contributed by atoms with E-state index in [0.29, 0.717) is 11.4 Å². The number of ether oxygens (including phenoxy) is 1. The number of para-hydroxylation sites is 1. The number of aromatic amines is 1. The zero-order valence-corrected chi connectivity index (χ0v) is 20.5. The summed E-state index contributed by atoms with van der Waals surface area (Å²) in [5, 5.41) is 3.69. The van der Waals surface area contributed by atoms with Crippen molar-refractivity contribution >= 4 is 12.0 Å². The molecule has 0 aliphatic rings. The molecule has 0 fully saturated rings. The predicted molar refractivity (Wildman–Crippen MR) is 115 cm³/mol. The van der Waals surface area contributed by atoms with Gasteiger partial charge in [0.1, 0.15) is 6.20 Å². The summed E-state index contributed by atoms with van der Waals surface area (Å²) >= 11 is 1.09. The first kappa shape index (κ1) is 25.1. The number of hydrogen-bond donors (Lipinski definition) is 1. The smallest absolute Gasteiger partial charge is 0.521 e. The quantitative estimate of drug-likeness (QED) is 0.153. The zero-order chi connectivity index (χ0) is 21.9. The second-order valence-electron chi connectivity index (χ2n) is 5.73. The van der Waals surface area contributed by atoms with Crippen molar-refractivity contribution in [2.24, 2.45) is 0 Å². The fourth-order valence-electron chi connectivity index (χ4n) is 2.26. The molecule has 0 aliphatic carbocycles. The van der Waals surface area contributed by atoms with E-state index >= 15 is 0 Å². The van der Waals surface area contributed by atoms with Gasteiger partial charge in [-0.1, -0.05) is 18.2 Å². The van der Waals surface area contributed by atoms with Gasteiger partial charge in [0.05, 0.1) is 7.11 Å². The number of benzene rings is 3. The molecule has 0 saturated heterocycles. The zero-order valence-electron chi connectivity index (χ0n) is 16.8. The normalized spacial score (nSPS) is 9.66. The second kappa shape index (κ2) is 13.3. The summed E-state index contributed by atoms with van der Waals surface area (Å²) in [6, 6.07) is 27.1. The Hall–Kier alpha value is -3.13. The van der Waals surface area contributed by atoms with Gasteiger partial charge >= 0.3 is 26.8 Å². The van der Waals surface area contributed by atoms with Crippen LogP contribution in [0.5, 0.6) is 11.5 Å². The average Bonchev–Trinajstić information content (AvgIpc) is 2.81. The van der Waals surface area contributed by atoms with E-state index in [1.807, 2.05) is 36.4 Å². The number of methoxy groups -OCH3 is 1. The predicted octanol–water partition coefficient (Wildman–Crippen LogP) is 3.23. The molecule has 4 aromatic rings. The maximum absolute atomic E-state index is 11.3. The third kappa shape index (κ3) is 7.53. The topological polar surface area (TPSA) is 95.4 Å². The van der Waals surface area contributed by atoms with E-state index in [9.17, 15) is 9.59 Å². The van der Waals surface area contributed by atoms with Gasteiger partial charge in [-0.3, -0.25) is 9.78 Å². The molecule has 0 atom stereocenters. The van der Waals surface area contributed by atoms with Crippen molar-refractivity contribution in [2.75, 3.05) is 7.11 Å². The van der Waals surface area contributed by atoms with Gasteiger partial charge in [0.25, 0.3) is 5.56 Å². The Labute approximate surface area is 202 Å². The Kier molecular flexibility index (Phi) is 10.5.